The Balaban J connectivity index is 1.73. The van der Waals surface area contributed by atoms with Crippen LogP contribution in [-0.2, 0) is 11.3 Å². The third kappa shape index (κ3) is 3.61. The molecule has 1 aliphatic heterocycles. The van der Waals surface area contributed by atoms with Gasteiger partial charge in [-0.1, -0.05) is 54.1 Å². The number of halogens is 1. The van der Waals surface area contributed by atoms with Crippen molar-refractivity contribution in [2.45, 2.75) is 19.4 Å². The van der Waals surface area contributed by atoms with Crippen LogP contribution in [0.2, 0.25) is 5.02 Å². The first kappa shape index (κ1) is 18.5. The van der Waals surface area contributed by atoms with E-state index in [-0.39, 0.29) is 12.1 Å². The van der Waals surface area contributed by atoms with Crippen LogP contribution in [-0.4, -0.2) is 17.7 Å². The molecule has 3 aromatic carbocycles. The van der Waals surface area contributed by atoms with Gasteiger partial charge in [0.25, 0.3) is 0 Å². The summed E-state index contributed by atoms with van der Waals surface area (Å²) in [6.07, 6.45) is 0.709. The van der Waals surface area contributed by atoms with E-state index >= 15 is 0 Å². The van der Waals surface area contributed by atoms with E-state index in [1.165, 1.54) is 5.06 Å². The standard InChI is InChI=1S/C23H21ClN2O2/c1-17-22-13-12-19(24)16-18(22)14-15-28-26(17)23(27)25(20-8-4-2-5-9-20)21-10-6-3-7-11-21/h2-13,16-17H,14-15H2,1H3. The number of urea groups is 1. The first-order chi connectivity index (χ1) is 13.6. The Bertz CT molecular complexity index is 923. The molecule has 0 spiro atoms. The second kappa shape index (κ2) is 8.05. The number of carbonyl (C=O) groups is 1. The third-order valence-electron chi connectivity index (χ3n) is 4.92. The lowest BCUT2D eigenvalue weighted by Gasteiger charge is -2.32. The second-order valence-corrected chi connectivity index (χ2v) is 7.15. The van der Waals surface area contributed by atoms with E-state index in [4.69, 9.17) is 16.4 Å². The van der Waals surface area contributed by atoms with Crippen molar-refractivity contribution < 1.29 is 9.63 Å². The number of hydrogen-bond donors (Lipinski definition) is 0. The fourth-order valence-electron chi connectivity index (χ4n) is 3.53. The molecule has 2 amide bonds. The molecule has 28 heavy (non-hydrogen) atoms. The van der Waals surface area contributed by atoms with E-state index in [1.807, 2.05) is 85.8 Å². The Morgan fingerprint density at radius 1 is 1.00 bits per heavy atom. The minimum Gasteiger partial charge on any atom is -0.269 e. The van der Waals surface area contributed by atoms with Crippen LogP contribution in [0.25, 0.3) is 0 Å². The number of hydrogen-bond acceptors (Lipinski definition) is 2. The summed E-state index contributed by atoms with van der Waals surface area (Å²) < 4.78 is 0. The summed E-state index contributed by atoms with van der Waals surface area (Å²) in [5, 5.41) is 2.17. The zero-order valence-electron chi connectivity index (χ0n) is 15.6. The van der Waals surface area contributed by atoms with Gasteiger partial charge in [-0.05, 0) is 60.9 Å². The molecule has 3 aromatic rings. The average molecular weight is 393 g/mol. The maximum Gasteiger partial charge on any atom is 0.353 e. The van der Waals surface area contributed by atoms with Gasteiger partial charge in [-0.15, -0.1) is 0 Å². The summed E-state index contributed by atoms with van der Waals surface area (Å²) >= 11 is 6.16. The predicted molar refractivity (Wildman–Crippen MR) is 112 cm³/mol. The van der Waals surface area contributed by atoms with Gasteiger partial charge >= 0.3 is 6.03 Å². The van der Waals surface area contributed by atoms with Gasteiger partial charge in [0.05, 0.1) is 24.0 Å². The molecule has 142 valence electrons. The largest absolute Gasteiger partial charge is 0.353 e. The molecule has 0 aliphatic carbocycles. The summed E-state index contributed by atoms with van der Waals surface area (Å²) in [5.41, 5.74) is 3.74. The number of rotatable bonds is 2. The van der Waals surface area contributed by atoms with Crippen LogP contribution in [0.15, 0.2) is 78.9 Å². The van der Waals surface area contributed by atoms with Gasteiger partial charge in [0.1, 0.15) is 0 Å². The summed E-state index contributed by atoms with van der Waals surface area (Å²) in [4.78, 5) is 21.2. The highest BCUT2D eigenvalue weighted by atomic mass is 35.5. The Hall–Kier alpha value is -2.82. The van der Waals surface area contributed by atoms with Crippen LogP contribution in [0.1, 0.15) is 24.1 Å². The fraction of sp³-hybridized carbons (Fsp3) is 0.174. The zero-order valence-corrected chi connectivity index (χ0v) is 16.3. The molecular formula is C23H21ClN2O2. The molecule has 0 saturated heterocycles. The molecule has 5 heteroatoms. The normalized spacial score (nSPS) is 16.2. The Kier molecular flexibility index (Phi) is 5.33. The number of amides is 2. The van der Waals surface area contributed by atoms with Gasteiger partial charge in [0, 0.05) is 5.02 Å². The van der Waals surface area contributed by atoms with Crippen molar-refractivity contribution in [2.75, 3.05) is 11.5 Å². The molecular weight excluding hydrogens is 372 g/mol. The van der Waals surface area contributed by atoms with Crippen molar-refractivity contribution in [3.8, 4) is 0 Å². The number of fused-ring (bicyclic) bond motifs is 1. The van der Waals surface area contributed by atoms with Crippen molar-refractivity contribution in [2.24, 2.45) is 0 Å². The van der Waals surface area contributed by atoms with E-state index < -0.39 is 0 Å². The number of benzene rings is 3. The van der Waals surface area contributed by atoms with E-state index in [0.29, 0.717) is 18.1 Å². The van der Waals surface area contributed by atoms with Gasteiger partial charge in [-0.3, -0.25) is 9.74 Å². The predicted octanol–water partition coefficient (Wildman–Crippen LogP) is 6.15. The van der Waals surface area contributed by atoms with Crippen LogP contribution < -0.4 is 4.90 Å². The quantitative estimate of drug-likeness (QED) is 0.524. The molecule has 1 atom stereocenters. The summed E-state index contributed by atoms with van der Waals surface area (Å²) in [7, 11) is 0. The van der Waals surface area contributed by atoms with Crippen LogP contribution in [0, 0.1) is 0 Å². The number of anilines is 2. The van der Waals surface area contributed by atoms with Gasteiger partial charge in [-0.2, -0.15) is 5.06 Å². The highest BCUT2D eigenvalue weighted by molar-refractivity contribution is 6.30. The van der Waals surface area contributed by atoms with Crippen molar-refractivity contribution in [3.63, 3.8) is 0 Å². The lowest BCUT2D eigenvalue weighted by molar-refractivity contribution is -0.134. The van der Waals surface area contributed by atoms with Gasteiger partial charge in [0.15, 0.2) is 0 Å². The Labute approximate surface area is 169 Å². The molecule has 0 radical (unpaired) electrons. The van der Waals surface area contributed by atoms with Gasteiger partial charge < -0.3 is 0 Å². The highest BCUT2D eigenvalue weighted by Crippen LogP contribution is 2.33. The second-order valence-electron chi connectivity index (χ2n) is 6.72. The first-order valence-electron chi connectivity index (χ1n) is 9.30. The number of carbonyl (C=O) groups excluding carboxylic acids is 1. The van der Waals surface area contributed by atoms with E-state index in [9.17, 15) is 4.79 Å². The van der Waals surface area contributed by atoms with Crippen LogP contribution in [0.4, 0.5) is 16.2 Å². The summed E-state index contributed by atoms with van der Waals surface area (Å²) in [6, 6.07) is 24.5. The molecule has 0 fully saturated rings. The molecule has 4 nitrogen and oxygen atoms in total. The molecule has 4 rings (SSSR count). The van der Waals surface area contributed by atoms with Crippen LogP contribution in [0.3, 0.4) is 0 Å². The summed E-state index contributed by atoms with van der Waals surface area (Å²) in [6.45, 7) is 2.39. The fourth-order valence-corrected chi connectivity index (χ4v) is 3.73. The van der Waals surface area contributed by atoms with Crippen LogP contribution >= 0.6 is 11.6 Å². The van der Waals surface area contributed by atoms with E-state index in [0.717, 1.165) is 22.5 Å². The minimum absolute atomic E-state index is 0.229. The van der Waals surface area contributed by atoms with Crippen molar-refractivity contribution in [3.05, 3.63) is 95.0 Å². The minimum atomic E-state index is -0.239. The molecule has 0 aromatic heterocycles. The smallest absolute Gasteiger partial charge is 0.269 e. The van der Waals surface area contributed by atoms with E-state index in [1.54, 1.807) is 4.90 Å². The van der Waals surface area contributed by atoms with Crippen molar-refractivity contribution in [1.82, 2.24) is 5.06 Å². The maximum atomic E-state index is 13.6. The summed E-state index contributed by atoms with van der Waals surface area (Å²) in [5.74, 6) is 0. The average Bonchev–Trinajstić information content (AvgIpc) is 2.88. The molecule has 1 unspecified atom stereocenters. The Morgan fingerprint density at radius 2 is 1.61 bits per heavy atom. The molecule has 0 bridgehead atoms. The highest BCUT2D eigenvalue weighted by Gasteiger charge is 2.32. The molecule has 1 heterocycles. The monoisotopic (exact) mass is 392 g/mol. The zero-order chi connectivity index (χ0) is 19.5. The maximum absolute atomic E-state index is 13.6. The first-order valence-corrected chi connectivity index (χ1v) is 9.67. The molecule has 0 saturated carbocycles. The SMILES string of the molecule is CC1c2ccc(Cl)cc2CCON1C(=O)N(c1ccccc1)c1ccccc1. The lowest BCUT2D eigenvalue weighted by Crippen LogP contribution is -2.42. The van der Waals surface area contributed by atoms with Crippen molar-refractivity contribution >= 4 is 29.0 Å². The Morgan fingerprint density at radius 3 is 2.21 bits per heavy atom. The third-order valence-corrected chi connectivity index (χ3v) is 5.15. The number of hydroxylamine groups is 2. The number of nitrogens with zero attached hydrogens (tertiary/aromatic N) is 2. The topological polar surface area (TPSA) is 32.8 Å². The van der Waals surface area contributed by atoms with Crippen LogP contribution in [0.5, 0.6) is 0 Å². The van der Waals surface area contributed by atoms with E-state index in [2.05, 4.69) is 0 Å². The number of para-hydroxylation sites is 2. The van der Waals surface area contributed by atoms with Crippen molar-refractivity contribution in [1.29, 1.82) is 0 Å². The molecule has 0 N–H and O–H groups in total. The lowest BCUT2D eigenvalue weighted by atomic mass is 10.00. The molecule has 1 aliphatic rings. The van der Waals surface area contributed by atoms with Gasteiger partial charge in [-0.25, -0.2) is 4.79 Å². The van der Waals surface area contributed by atoms with Gasteiger partial charge in [0.2, 0.25) is 0 Å².